The van der Waals surface area contributed by atoms with Crippen molar-refractivity contribution in [1.82, 2.24) is 4.90 Å². The summed E-state index contributed by atoms with van der Waals surface area (Å²) < 4.78 is 1.61. The fourth-order valence-corrected chi connectivity index (χ4v) is 3.09. The molecule has 1 amide bonds. The van der Waals surface area contributed by atoms with Gasteiger partial charge in [-0.3, -0.25) is 4.79 Å². The Balaban J connectivity index is 2.21. The summed E-state index contributed by atoms with van der Waals surface area (Å²) in [6, 6.07) is 10.7. The minimum absolute atomic E-state index is 0.0887. The van der Waals surface area contributed by atoms with Gasteiger partial charge in [0.1, 0.15) is 0 Å². The van der Waals surface area contributed by atoms with Crippen LogP contribution in [0.3, 0.4) is 0 Å². The summed E-state index contributed by atoms with van der Waals surface area (Å²) in [6.45, 7) is 0.411. The Morgan fingerprint density at radius 2 is 1.86 bits per heavy atom. The molecule has 0 saturated heterocycles. The first kappa shape index (κ1) is 16.8. The molecule has 0 aromatic heterocycles. The highest BCUT2D eigenvalue weighted by atomic mass is 79.9. The molecule has 0 fully saturated rings. The van der Waals surface area contributed by atoms with Gasteiger partial charge in [0.15, 0.2) is 0 Å². The summed E-state index contributed by atoms with van der Waals surface area (Å²) in [4.78, 5) is 14.1. The maximum atomic E-state index is 12.5. The number of carbonyl (C=O) groups excluding carboxylic acids is 1. The molecule has 0 atom stereocenters. The quantitative estimate of drug-likeness (QED) is 0.578. The maximum absolute atomic E-state index is 12.5. The van der Waals surface area contributed by atoms with E-state index in [1.807, 2.05) is 18.2 Å². The number of hydrogen-bond donors (Lipinski definition) is 0. The van der Waals surface area contributed by atoms with Crippen molar-refractivity contribution in [2.24, 2.45) is 0 Å². The number of nitrogens with zero attached hydrogens (tertiary/aromatic N) is 1. The fraction of sp³-hybridized carbons (Fsp3) is 0.133. The van der Waals surface area contributed by atoms with Gasteiger partial charge in [0.25, 0.3) is 5.91 Å². The van der Waals surface area contributed by atoms with Crippen molar-refractivity contribution >= 4 is 61.0 Å². The zero-order chi connectivity index (χ0) is 15.6. The molecule has 2 rings (SSSR count). The third-order valence-corrected chi connectivity index (χ3v) is 4.70. The molecular weight excluding hydrogens is 441 g/mol. The van der Waals surface area contributed by atoms with Crippen molar-refractivity contribution in [1.29, 1.82) is 0 Å². The van der Waals surface area contributed by atoms with Gasteiger partial charge in [-0.05, 0) is 51.8 Å². The van der Waals surface area contributed by atoms with Crippen molar-refractivity contribution in [2.45, 2.75) is 6.54 Å². The van der Waals surface area contributed by atoms with E-state index in [0.29, 0.717) is 22.2 Å². The number of carbonyl (C=O) groups is 1. The molecule has 0 saturated carbocycles. The topological polar surface area (TPSA) is 20.3 Å². The van der Waals surface area contributed by atoms with Gasteiger partial charge < -0.3 is 4.90 Å². The normalized spacial score (nSPS) is 10.5. The van der Waals surface area contributed by atoms with E-state index >= 15 is 0 Å². The monoisotopic (exact) mass is 449 g/mol. The molecule has 2 nitrogen and oxygen atoms in total. The molecule has 21 heavy (non-hydrogen) atoms. The van der Waals surface area contributed by atoms with Crippen LogP contribution in [0.5, 0.6) is 0 Å². The molecule has 0 aliphatic carbocycles. The van der Waals surface area contributed by atoms with E-state index in [-0.39, 0.29) is 5.91 Å². The van der Waals surface area contributed by atoms with Crippen LogP contribution in [0.1, 0.15) is 15.9 Å². The second-order valence-corrected chi connectivity index (χ2v) is 7.13. The maximum Gasteiger partial charge on any atom is 0.255 e. The Morgan fingerprint density at radius 1 is 1.14 bits per heavy atom. The van der Waals surface area contributed by atoms with Crippen molar-refractivity contribution in [3.63, 3.8) is 0 Å². The van der Waals surface area contributed by atoms with Gasteiger partial charge >= 0.3 is 0 Å². The van der Waals surface area contributed by atoms with Crippen LogP contribution in [0.25, 0.3) is 0 Å². The van der Waals surface area contributed by atoms with Crippen LogP contribution in [-0.2, 0) is 6.54 Å². The summed E-state index contributed by atoms with van der Waals surface area (Å²) in [6.07, 6.45) is 0. The predicted octanol–water partition coefficient (Wildman–Crippen LogP) is 5.79. The zero-order valence-electron chi connectivity index (χ0n) is 11.0. The minimum Gasteiger partial charge on any atom is -0.337 e. The lowest BCUT2D eigenvalue weighted by atomic mass is 10.1. The van der Waals surface area contributed by atoms with Crippen molar-refractivity contribution in [2.75, 3.05) is 7.05 Å². The van der Waals surface area contributed by atoms with E-state index in [2.05, 4.69) is 31.9 Å². The number of benzene rings is 2. The molecule has 0 aliphatic rings. The molecular formula is C15H11Br2Cl2NO. The van der Waals surface area contributed by atoms with E-state index in [1.54, 1.807) is 30.1 Å². The molecule has 2 aromatic rings. The number of amides is 1. The fourth-order valence-electron chi connectivity index (χ4n) is 1.84. The van der Waals surface area contributed by atoms with E-state index < -0.39 is 0 Å². The van der Waals surface area contributed by atoms with Crippen molar-refractivity contribution in [3.8, 4) is 0 Å². The minimum atomic E-state index is -0.0887. The predicted molar refractivity (Wildman–Crippen MR) is 94.1 cm³/mol. The second kappa shape index (κ2) is 7.14. The Bertz CT molecular complexity index is 691. The average Bonchev–Trinajstić information content (AvgIpc) is 2.43. The molecule has 0 spiro atoms. The van der Waals surface area contributed by atoms with Crippen LogP contribution >= 0.6 is 55.1 Å². The molecule has 0 heterocycles. The summed E-state index contributed by atoms with van der Waals surface area (Å²) >= 11 is 18.8. The number of hydrogen-bond acceptors (Lipinski definition) is 1. The van der Waals surface area contributed by atoms with Crippen molar-refractivity contribution in [3.05, 3.63) is 66.5 Å². The van der Waals surface area contributed by atoms with Gasteiger partial charge in [-0.2, -0.15) is 0 Å². The summed E-state index contributed by atoms with van der Waals surface area (Å²) in [5, 5.41) is 1.13. The molecule has 0 N–H and O–H groups in total. The van der Waals surface area contributed by atoms with Crippen LogP contribution in [0.15, 0.2) is 45.3 Å². The number of rotatable bonds is 3. The number of halogens is 4. The third-order valence-electron chi connectivity index (χ3n) is 2.93. The van der Waals surface area contributed by atoms with E-state index in [4.69, 9.17) is 23.2 Å². The molecule has 2 aromatic carbocycles. The van der Waals surface area contributed by atoms with E-state index in [1.165, 1.54) is 0 Å². The van der Waals surface area contributed by atoms with Gasteiger partial charge in [-0.25, -0.2) is 0 Å². The van der Waals surface area contributed by atoms with Crippen LogP contribution in [0.4, 0.5) is 0 Å². The smallest absolute Gasteiger partial charge is 0.255 e. The van der Waals surface area contributed by atoms with Gasteiger partial charge in [0.2, 0.25) is 0 Å². The van der Waals surface area contributed by atoms with Gasteiger partial charge in [-0.15, -0.1) is 0 Å². The molecule has 0 radical (unpaired) electrons. The standard InChI is InChI=1S/C15H11Br2Cl2NO/c1-20(8-9-2-4-11(18)7-14(9)19)15(21)12-6-10(16)3-5-13(12)17/h2-7H,8H2,1H3. The Morgan fingerprint density at radius 3 is 2.52 bits per heavy atom. The van der Waals surface area contributed by atoms with Crippen LogP contribution in [0, 0.1) is 0 Å². The average molecular weight is 452 g/mol. The van der Waals surface area contributed by atoms with Crippen LogP contribution < -0.4 is 0 Å². The van der Waals surface area contributed by atoms with E-state index in [0.717, 1.165) is 14.5 Å². The zero-order valence-corrected chi connectivity index (χ0v) is 15.7. The van der Waals surface area contributed by atoms with Crippen LogP contribution in [0.2, 0.25) is 10.0 Å². The molecule has 0 bridgehead atoms. The van der Waals surface area contributed by atoms with E-state index in [9.17, 15) is 4.79 Å². The van der Waals surface area contributed by atoms with Crippen molar-refractivity contribution < 1.29 is 4.79 Å². The summed E-state index contributed by atoms with van der Waals surface area (Å²) in [5.74, 6) is -0.0887. The SMILES string of the molecule is CN(Cc1ccc(Cl)cc1Cl)C(=O)c1cc(Br)ccc1Br. The third kappa shape index (κ3) is 4.22. The molecule has 6 heteroatoms. The first-order chi connectivity index (χ1) is 9.88. The summed E-state index contributed by atoms with van der Waals surface area (Å²) in [5.41, 5.74) is 1.44. The first-order valence-corrected chi connectivity index (χ1v) is 8.37. The second-order valence-electron chi connectivity index (χ2n) is 4.52. The van der Waals surface area contributed by atoms with Gasteiger partial charge in [0, 0.05) is 32.6 Å². The summed E-state index contributed by atoms with van der Waals surface area (Å²) in [7, 11) is 1.74. The Hall–Kier alpha value is -0.550. The van der Waals surface area contributed by atoms with Crippen LogP contribution in [-0.4, -0.2) is 17.9 Å². The molecule has 0 unspecified atom stereocenters. The lowest BCUT2D eigenvalue weighted by molar-refractivity contribution is 0.0784. The largest absolute Gasteiger partial charge is 0.337 e. The molecule has 0 aliphatic heterocycles. The Labute approximate surface area is 150 Å². The van der Waals surface area contributed by atoms with Gasteiger partial charge in [-0.1, -0.05) is 45.2 Å². The highest BCUT2D eigenvalue weighted by Crippen LogP contribution is 2.25. The first-order valence-electron chi connectivity index (χ1n) is 6.03. The lowest BCUT2D eigenvalue weighted by Crippen LogP contribution is -2.26. The lowest BCUT2D eigenvalue weighted by Gasteiger charge is -2.19. The Kier molecular flexibility index (Phi) is 5.72. The highest BCUT2D eigenvalue weighted by Gasteiger charge is 2.16. The molecule has 110 valence electrons. The highest BCUT2D eigenvalue weighted by molar-refractivity contribution is 9.11. The van der Waals surface area contributed by atoms with Gasteiger partial charge in [0.05, 0.1) is 5.56 Å².